The minimum atomic E-state index is -0.0848. The van der Waals surface area contributed by atoms with E-state index in [0.717, 1.165) is 5.56 Å². The molecule has 0 saturated carbocycles. The average Bonchev–Trinajstić information content (AvgIpc) is 2.97. The van der Waals surface area contributed by atoms with Crippen molar-refractivity contribution in [3.05, 3.63) is 81.4 Å². The zero-order chi connectivity index (χ0) is 17.6. The van der Waals surface area contributed by atoms with E-state index in [9.17, 15) is 4.79 Å². The molecule has 0 bridgehead atoms. The number of nitrogens with one attached hydrogen (secondary N) is 1. The molecule has 4 rings (SSSR count). The predicted molar refractivity (Wildman–Crippen MR) is 102 cm³/mol. The van der Waals surface area contributed by atoms with Crippen molar-refractivity contribution in [3.63, 3.8) is 0 Å². The summed E-state index contributed by atoms with van der Waals surface area (Å²) in [6.07, 6.45) is 4.24. The Morgan fingerprint density at radius 1 is 1.00 bits per heavy atom. The van der Waals surface area contributed by atoms with Crippen LogP contribution >= 0.6 is 23.2 Å². The molecule has 128 valence electrons. The summed E-state index contributed by atoms with van der Waals surface area (Å²) in [7, 11) is 0. The topological polar surface area (TPSA) is 29.1 Å². The summed E-state index contributed by atoms with van der Waals surface area (Å²) in [6.45, 7) is 2.77. The van der Waals surface area contributed by atoms with Crippen molar-refractivity contribution in [1.29, 1.82) is 0 Å². The van der Waals surface area contributed by atoms with Crippen LogP contribution in [-0.4, -0.2) is 12.5 Å². The lowest BCUT2D eigenvalue weighted by molar-refractivity contribution is -0.121. The van der Waals surface area contributed by atoms with Gasteiger partial charge in [0.25, 0.3) is 0 Å². The number of hydrogen-bond acceptors (Lipinski definition) is 1. The molecule has 4 unspecified atom stereocenters. The third kappa shape index (κ3) is 2.98. The number of benzene rings is 2. The average molecular weight is 372 g/mol. The third-order valence-electron chi connectivity index (χ3n) is 5.43. The predicted octanol–water partition coefficient (Wildman–Crippen LogP) is 5.10. The highest BCUT2D eigenvalue weighted by Crippen LogP contribution is 2.49. The minimum Gasteiger partial charge on any atom is -0.355 e. The Morgan fingerprint density at radius 2 is 1.72 bits per heavy atom. The van der Waals surface area contributed by atoms with Gasteiger partial charge in [-0.15, -0.1) is 0 Å². The van der Waals surface area contributed by atoms with Gasteiger partial charge >= 0.3 is 0 Å². The number of rotatable bonds is 2. The summed E-state index contributed by atoms with van der Waals surface area (Å²) < 4.78 is 0. The summed E-state index contributed by atoms with van der Waals surface area (Å²) in [5.41, 5.74) is 3.54. The zero-order valence-electron chi connectivity index (χ0n) is 13.9. The highest BCUT2D eigenvalue weighted by atomic mass is 35.5. The fourth-order valence-electron chi connectivity index (χ4n) is 4.17. The van der Waals surface area contributed by atoms with Gasteiger partial charge in [0, 0.05) is 28.4 Å². The van der Waals surface area contributed by atoms with Crippen molar-refractivity contribution in [2.75, 3.05) is 6.54 Å². The first-order valence-electron chi connectivity index (χ1n) is 8.52. The number of aryl methyl sites for hydroxylation is 1. The van der Waals surface area contributed by atoms with Gasteiger partial charge in [-0.1, -0.05) is 71.2 Å². The van der Waals surface area contributed by atoms with Gasteiger partial charge in [-0.2, -0.15) is 0 Å². The van der Waals surface area contributed by atoms with E-state index in [2.05, 4.69) is 48.7 Å². The number of amides is 1. The second kappa shape index (κ2) is 6.51. The number of allylic oxidation sites excluding steroid dienone is 1. The first-order chi connectivity index (χ1) is 12.0. The van der Waals surface area contributed by atoms with Crippen LogP contribution < -0.4 is 5.32 Å². The van der Waals surface area contributed by atoms with E-state index in [0.29, 0.717) is 16.6 Å². The molecule has 1 fully saturated rings. The SMILES string of the molecule is Cc1ccc(C2C=CC3C(=O)NCC3C2c2ccc(Cl)cc2Cl)cc1. The summed E-state index contributed by atoms with van der Waals surface area (Å²) >= 11 is 12.7. The molecule has 1 amide bonds. The van der Waals surface area contributed by atoms with Crippen molar-refractivity contribution in [1.82, 2.24) is 5.32 Å². The second-order valence-electron chi connectivity index (χ2n) is 6.95. The molecule has 0 aromatic heterocycles. The normalized spacial score (nSPS) is 27.9. The Kier molecular flexibility index (Phi) is 4.35. The monoisotopic (exact) mass is 371 g/mol. The standard InChI is InChI=1S/C21H19Cl2NO/c1-12-2-4-13(5-3-12)15-8-9-16-18(11-24-21(16)25)20(15)17-7-6-14(22)10-19(17)23/h2-10,15-16,18,20H,11H2,1H3,(H,24,25). The summed E-state index contributed by atoms with van der Waals surface area (Å²) in [5, 5.41) is 4.31. The molecule has 4 atom stereocenters. The van der Waals surface area contributed by atoms with Crippen molar-refractivity contribution >= 4 is 29.1 Å². The van der Waals surface area contributed by atoms with Crippen LogP contribution in [0.4, 0.5) is 0 Å². The molecule has 0 spiro atoms. The van der Waals surface area contributed by atoms with Crippen LogP contribution in [0.25, 0.3) is 0 Å². The molecule has 1 heterocycles. The Hall–Kier alpha value is -1.77. The molecule has 2 aromatic carbocycles. The number of hydrogen-bond donors (Lipinski definition) is 1. The maximum absolute atomic E-state index is 12.2. The van der Waals surface area contributed by atoms with E-state index >= 15 is 0 Å². The lowest BCUT2D eigenvalue weighted by Gasteiger charge is -2.36. The highest BCUT2D eigenvalue weighted by Gasteiger charge is 2.45. The van der Waals surface area contributed by atoms with E-state index in [4.69, 9.17) is 23.2 Å². The van der Waals surface area contributed by atoms with Gasteiger partial charge < -0.3 is 5.32 Å². The molecular formula is C21H19Cl2NO. The van der Waals surface area contributed by atoms with E-state index < -0.39 is 0 Å². The maximum Gasteiger partial charge on any atom is 0.227 e. The largest absolute Gasteiger partial charge is 0.355 e. The fraction of sp³-hybridized carbons (Fsp3) is 0.286. The van der Waals surface area contributed by atoms with E-state index in [1.165, 1.54) is 11.1 Å². The fourth-order valence-corrected chi connectivity index (χ4v) is 4.70. The van der Waals surface area contributed by atoms with Crippen LogP contribution in [0.15, 0.2) is 54.6 Å². The lowest BCUT2D eigenvalue weighted by atomic mass is 9.67. The molecule has 0 radical (unpaired) electrons. The molecule has 1 saturated heterocycles. The van der Waals surface area contributed by atoms with Gasteiger partial charge in [-0.3, -0.25) is 4.79 Å². The van der Waals surface area contributed by atoms with E-state index in [1.54, 1.807) is 6.07 Å². The first-order valence-corrected chi connectivity index (χ1v) is 9.28. The summed E-state index contributed by atoms with van der Waals surface area (Å²) in [5.74, 6) is 0.550. The van der Waals surface area contributed by atoms with Crippen LogP contribution in [0.1, 0.15) is 28.5 Å². The maximum atomic E-state index is 12.2. The zero-order valence-corrected chi connectivity index (χ0v) is 15.4. The molecule has 2 aliphatic rings. The Bertz CT molecular complexity index is 843. The van der Waals surface area contributed by atoms with Crippen LogP contribution in [0.3, 0.4) is 0 Å². The summed E-state index contributed by atoms with van der Waals surface area (Å²) in [4.78, 5) is 12.2. The molecule has 4 heteroatoms. The quantitative estimate of drug-likeness (QED) is 0.730. The van der Waals surface area contributed by atoms with Crippen molar-refractivity contribution < 1.29 is 4.79 Å². The third-order valence-corrected chi connectivity index (χ3v) is 6.00. The van der Waals surface area contributed by atoms with Gasteiger partial charge in [0.1, 0.15) is 0 Å². The first kappa shape index (κ1) is 16.7. The van der Waals surface area contributed by atoms with Gasteiger partial charge in [0.15, 0.2) is 0 Å². The number of halogens is 2. The molecule has 1 aliphatic carbocycles. The van der Waals surface area contributed by atoms with Crippen LogP contribution in [0.5, 0.6) is 0 Å². The van der Waals surface area contributed by atoms with E-state index in [-0.39, 0.29) is 29.6 Å². The van der Waals surface area contributed by atoms with Gasteiger partial charge in [-0.05, 0) is 36.1 Å². The van der Waals surface area contributed by atoms with Crippen LogP contribution in [-0.2, 0) is 4.79 Å². The van der Waals surface area contributed by atoms with Crippen LogP contribution in [0, 0.1) is 18.8 Å². The number of carbonyl (C=O) groups excluding carboxylic acids is 1. The van der Waals surface area contributed by atoms with E-state index in [1.807, 2.05) is 12.1 Å². The van der Waals surface area contributed by atoms with Gasteiger partial charge in [0.2, 0.25) is 5.91 Å². The Balaban J connectivity index is 1.83. The van der Waals surface area contributed by atoms with Crippen LogP contribution in [0.2, 0.25) is 10.0 Å². The molecule has 1 aliphatic heterocycles. The smallest absolute Gasteiger partial charge is 0.227 e. The lowest BCUT2D eigenvalue weighted by Crippen LogP contribution is -2.29. The molecule has 2 nitrogen and oxygen atoms in total. The number of carbonyl (C=O) groups is 1. The highest BCUT2D eigenvalue weighted by molar-refractivity contribution is 6.35. The van der Waals surface area contributed by atoms with Gasteiger partial charge in [0.05, 0.1) is 5.92 Å². The molecular weight excluding hydrogens is 353 g/mol. The molecule has 2 aromatic rings. The Labute approximate surface area is 157 Å². The molecule has 1 N–H and O–H groups in total. The number of fused-ring (bicyclic) bond motifs is 1. The van der Waals surface area contributed by atoms with Crippen molar-refractivity contribution in [2.45, 2.75) is 18.8 Å². The van der Waals surface area contributed by atoms with Crippen molar-refractivity contribution in [3.8, 4) is 0 Å². The minimum absolute atomic E-state index is 0.0848. The molecule has 25 heavy (non-hydrogen) atoms. The van der Waals surface area contributed by atoms with Crippen molar-refractivity contribution in [2.24, 2.45) is 11.8 Å². The second-order valence-corrected chi connectivity index (χ2v) is 7.79. The Morgan fingerprint density at radius 3 is 2.44 bits per heavy atom. The summed E-state index contributed by atoms with van der Waals surface area (Å²) in [6, 6.07) is 14.3. The van der Waals surface area contributed by atoms with Gasteiger partial charge in [-0.25, -0.2) is 0 Å².